The molecule has 0 radical (unpaired) electrons. The van der Waals surface area contributed by atoms with Crippen LogP contribution in [0.15, 0.2) is 79.0 Å². The van der Waals surface area contributed by atoms with Crippen molar-refractivity contribution < 1.29 is 19.1 Å². The van der Waals surface area contributed by atoms with Crippen molar-refractivity contribution in [1.82, 2.24) is 4.90 Å². The second kappa shape index (κ2) is 10.0. The summed E-state index contributed by atoms with van der Waals surface area (Å²) >= 11 is 0. The Balaban J connectivity index is 1.39. The van der Waals surface area contributed by atoms with Gasteiger partial charge in [0.1, 0.15) is 17.2 Å². The molecule has 0 aliphatic carbocycles. The van der Waals surface area contributed by atoms with Crippen LogP contribution in [0.3, 0.4) is 0 Å². The van der Waals surface area contributed by atoms with Crippen molar-refractivity contribution >= 4 is 23.6 Å². The highest BCUT2D eigenvalue weighted by Crippen LogP contribution is 2.33. The number of nitrogens with one attached hydrogen (secondary N) is 1. The molecule has 3 aromatic carbocycles. The van der Waals surface area contributed by atoms with E-state index < -0.39 is 0 Å². The molecule has 6 nitrogen and oxygen atoms in total. The molecule has 0 aromatic heterocycles. The highest BCUT2D eigenvalue weighted by atomic mass is 16.5. The van der Waals surface area contributed by atoms with E-state index in [2.05, 4.69) is 5.32 Å². The van der Waals surface area contributed by atoms with Crippen LogP contribution in [0.5, 0.6) is 17.2 Å². The number of benzene rings is 3. The van der Waals surface area contributed by atoms with Crippen LogP contribution in [0.2, 0.25) is 0 Å². The minimum absolute atomic E-state index is 0.102. The third kappa shape index (κ3) is 5.41. The zero-order chi connectivity index (χ0) is 23.2. The summed E-state index contributed by atoms with van der Waals surface area (Å²) in [5, 5.41) is 2.92. The molecule has 2 amide bonds. The lowest BCUT2D eigenvalue weighted by molar-refractivity contribution is -0.129. The summed E-state index contributed by atoms with van der Waals surface area (Å²) in [5.74, 6) is 1.88. The van der Waals surface area contributed by atoms with Gasteiger partial charge in [0.05, 0.1) is 19.1 Å². The first-order chi connectivity index (χ1) is 16.0. The van der Waals surface area contributed by atoms with Crippen molar-refractivity contribution in [2.24, 2.45) is 0 Å². The molecule has 6 heteroatoms. The minimum atomic E-state index is -0.342. The molecule has 0 fully saturated rings. The topological polar surface area (TPSA) is 67.9 Å². The molecule has 1 aliphatic heterocycles. The zero-order valence-corrected chi connectivity index (χ0v) is 18.7. The van der Waals surface area contributed by atoms with E-state index in [1.807, 2.05) is 61.5 Å². The van der Waals surface area contributed by atoms with Gasteiger partial charge in [-0.15, -0.1) is 0 Å². The van der Waals surface area contributed by atoms with Crippen LogP contribution in [0.4, 0.5) is 5.69 Å². The first kappa shape index (κ1) is 22.1. The number of fused-ring (bicyclic) bond motifs is 1. The second-order valence-corrected chi connectivity index (χ2v) is 7.67. The number of anilines is 1. The summed E-state index contributed by atoms with van der Waals surface area (Å²) in [5.41, 5.74) is 2.64. The molecular formula is C27H26N2O4. The van der Waals surface area contributed by atoms with Crippen LogP contribution in [0.1, 0.15) is 37.4 Å². The highest BCUT2D eigenvalue weighted by Gasteiger charge is 2.28. The monoisotopic (exact) mass is 442 g/mol. The number of nitrogens with zero attached hydrogens (tertiary/aromatic N) is 1. The lowest BCUT2D eigenvalue weighted by Crippen LogP contribution is -2.33. The fourth-order valence-electron chi connectivity index (χ4n) is 3.81. The van der Waals surface area contributed by atoms with Crippen molar-refractivity contribution in [3.05, 3.63) is 90.1 Å². The van der Waals surface area contributed by atoms with E-state index in [1.54, 1.807) is 35.4 Å². The summed E-state index contributed by atoms with van der Waals surface area (Å²) in [7, 11) is 0. The molecule has 3 aromatic rings. The Morgan fingerprint density at radius 1 is 0.909 bits per heavy atom. The standard InChI is InChI=1S/C27H26N2O4/c1-3-32-22-12-14-24(15-13-22)33-23-10-8-21(9-11-23)28-27(31)18-26-25-7-5-4-6-20(25)16-17-29(26)19(2)30/h4-17,26H,3,18H2,1-2H3,(H,28,31)/t26-/m0/s1. The summed E-state index contributed by atoms with van der Waals surface area (Å²) in [6.45, 7) is 4.06. The Kier molecular flexibility index (Phi) is 6.74. The summed E-state index contributed by atoms with van der Waals surface area (Å²) < 4.78 is 11.3. The molecule has 0 saturated heterocycles. The minimum Gasteiger partial charge on any atom is -0.494 e. The summed E-state index contributed by atoms with van der Waals surface area (Å²) in [4.78, 5) is 26.5. The summed E-state index contributed by atoms with van der Waals surface area (Å²) in [6, 6.07) is 22.0. The average Bonchev–Trinajstić information content (AvgIpc) is 2.82. The molecule has 0 spiro atoms. The van der Waals surface area contributed by atoms with Crippen LogP contribution >= 0.6 is 0 Å². The van der Waals surface area contributed by atoms with E-state index in [0.29, 0.717) is 23.8 Å². The molecule has 0 bridgehead atoms. The molecule has 1 heterocycles. The maximum Gasteiger partial charge on any atom is 0.226 e. The zero-order valence-electron chi connectivity index (χ0n) is 18.7. The maximum atomic E-state index is 12.8. The molecule has 4 rings (SSSR count). The number of carbonyl (C=O) groups is 2. The predicted molar refractivity (Wildman–Crippen MR) is 128 cm³/mol. The Bertz CT molecular complexity index is 1150. The van der Waals surface area contributed by atoms with Gasteiger partial charge in [0.25, 0.3) is 0 Å². The van der Waals surface area contributed by atoms with Crippen LogP contribution in [0.25, 0.3) is 6.08 Å². The molecule has 168 valence electrons. The fraction of sp³-hybridized carbons (Fsp3) is 0.185. The van der Waals surface area contributed by atoms with Crippen LogP contribution in [0, 0.1) is 0 Å². The van der Waals surface area contributed by atoms with E-state index >= 15 is 0 Å². The third-order valence-electron chi connectivity index (χ3n) is 5.36. The van der Waals surface area contributed by atoms with Crippen molar-refractivity contribution in [3.63, 3.8) is 0 Å². The SMILES string of the molecule is CCOc1ccc(Oc2ccc(NC(=O)C[C@H]3c4ccccc4C=CN3C(C)=O)cc2)cc1. The third-order valence-corrected chi connectivity index (χ3v) is 5.36. The molecular weight excluding hydrogens is 416 g/mol. The van der Waals surface area contributed by atoms with Crippen molar-refractivity contribution in [3.8, 4) is 17.2 Å². The normalized spacial score (nSPS) is 14.4. The van der Waals surface area contributed by atoms with Gasteiger partial charge in [0.2, 0.25) is 11.8 Å². The molecule has 0 unspecified atom stereocenters. The van der Waals surface area contributed by atoms with Crippen LogP contribution in [-0.2, 0) is 9.59 Å². The second-order valence-electron chi connectivity index (χ2n) is 7.67. The van der Waals surface area contributed by atoms with Gasteiger partial charge in [-0.2, -0.15) is 0 Å². The van der Waals surface area contributed by atoms with Crippen LogP contribution < -0.4 is 14.8 Å². The molecule has 1 atom stereocenters. The van der Waals surface area contributed by atoms with E-state index in [0.717, 1.165) is 16.9 Å². The van der Waals surface area contributed by atoms with Gasteiger partial charge < -0.3 is 19.7 Å². The average molecular weight is 443 g/mol. The molecule has 1 N–H and O–H groups in total. The Labute approximate surface area is 193 Å². The number of ether oxygens (including phenoxy) is 2. The lowest BCUT2D eigenvalue weighted by atomic mass is 9.93. The lowest BCUT2D eigenvalue weighted by Gasteiger charge is -2.32. The first-order valence-electron chi connectivity index (χ1n) is 10.9. The van der Waals surface area contributed by atoms with Gasteiger partial charge in [-0.1, -0.05) is 24.3 Å². The van der Waals surface area contributed by atoms with Gasteiger partial charge in [0, 0.05) is 18.8 Å². The smallest absolute Gasteiger partial charge is 0.226 e. The van der Waals surface area contributed by atoms with E-state index in [1.165, 1.54) is 6.92 Å². The molecule has 0 saturated carbocycles. The van der Waals surface area contributed by atoms with Crippen molar-refractivity contribution in [1.29, 1.82) is 0 Å². The van der Waals surface area contributed by atoms with Gasteiger partial charge in [-0.25, -0.2) is 0 Å². The van der Waals surface area contributed by atoms with Gasteiger partial charge in [-0.3, -0.25) is 9.59 Å². The number of amides is 2. The first-order valence-corrected chi connectivity index (χ1v) is 10.9. The number of hydrogen-bond donors (Lipinski definition) is 1. The highest BCUT2D eigenvalue weighted by molar-refractivity contribution is 5.92. The summed E-state index contributed by atoms with van der Waals surface area (Å²) in [6.07, 6.45) is 3.80. The quantitative estimate of drug-likeness (QED) is 0.504. The molecule has 1 aliphatic rings. The Hall–Kier alpha value is -4.06. The predicted octanol–water partition coefficient (Wildman–Crippen LogP) is 5.78. The van der Waals surface area contributed by atoms with Gasteiger partial charge in [-0.05, 0) is 72.7 Å². The largest absolute Gasteiger partial charge is 0.494 e. The van der Waals surface area contributed by atoms with Gasteiger partial charge >= 0.3 is 0 Å². The number of carbonyl (C=O) groups excluding carboxylic acids is 2. The number of hydrogen-bond acceptors (Lipinski definition) is 4. The van der Waals surface area contributed by atoms with Crippen molar-refractivity contribution in [2.45, 2.75) is 26.3 Å². The fourth-order valence-corrected chi connectivity index (χ4v) is 3.81. The molecule has 33 heavy (non-hydrogen) atoms. The maximum absolute atomic E-state index is 12.8. The Morgan fingerprint density at radius 2 is 1.55 bits per heavy atom. The number of rotatable bonds is 7. The van der Waals surface area contributed by atoms with E-state index in [4.69, 9.17) is 9.47 Å². The van der Waals surface area contributed by atoms with E-state index in [9.17, 15) is 9.59 Å². The van der Waals surface area contributed by atoms with Crippen LogP contribution in [-0.4, -0.2) is 23.3 Å². The van der Waals surface area contributed by atoms with Gasteiger partial charge in [0.15, 0.2) is 0 Å². The van der Waals surface area contributed by atoms with Crippen molar-refractivity contribution in [2.75, 3.05) is 11.9 Å². The van der Waals surface area contributed by atoms with E-state index in [-0.39, 0.29) is 24.3 Å². The Morgan fingerprint density at radius 3 is 2.21 bits per heavy atom.